The second kappa shape index (κ2) is 7.11. The van der Waals surface area contributed by atoms with E-state index in [9.17, 15) is 13.2 Å². The van der Waals surface area contributed by atoms with Gasteiger partial charge in [-0.25, -0.2) is 4.98 Å². The number of hydrogen-bond acceptors (Lipinski definition) is 4. The lowest BCUT2D eigenvalue weighted by atomic mass is 10.0. The number of halogens is 3. The Morgan fingerprint density at radius 1 is 1.30 bits per heavy atom. The van der Waals surface area contributed by atoms with Crippen LogP contribution in [0.3, 0.4) is 0 Å². The fourth-order valence-electron chi connectivity index (χ4n) is 2.04. The van der Waals surface area contributed by atoms with Crippen LogP contribution in [0, 0.1) is 11.3 Å². The van der Waals surface area contributed by atoms with Crippen molar-refractivity contribution in [2.75, 3.05) is 19.0 Å². The maximum absolute atomic E-state index is 12.8. The molecule has 0 fully saturated rings. The molecule has 0 amide bonds. The Hall–Kier alpha value is -2.59. The predicted octanol–water partition coefficient (Wildman–Crippen LogP) is 3.77. The zero-order chi connectivity index (χ0) is 16.9. The number of benzene rings is 1. The van der Waals surface area contributed by atoms with Crippen molar-refractivity contribution in [3.8, 4) is 6.07 Å². The molecule has 1 aromatic heterocycles. The summed E-state index contributed by atoms with van der Waals surface area (Å²) in [6.45, 7) is 0.170. The van der Waals surface area contributed by atoms with Crippen molar-refractivity contribution in [3.05, 3.63) is 59.3 Å². The minimum atomic E-state index is -4.40. The van der Waals surface area contributed by atoms with Gasteiger partial charge in [-0.15, -0.1) is 0 Å². The van der Waals surface area contributed by atoms with Crippen molar-refractivity contribution in [1.29, 1.82) is 5.26 Å². The number of nitriles is 1. The predicted molar refractivity (Wildman–Crippen MR) is 78.6 cm³/mol. The number of nitrogens with zero attached hydrogens (tertiary/aromatic N) is 2. The summed E-state index contributed by atoms with van der Waals surface area (Å²) in [5, 5.41) is 11.8. The number of nitrogens with one attached hydrogen (secondary N) is 1. The van der Waals surface area contributed by atoms with Crippen LogP contribution in [0.1, 0.15) is 22.7 Å². The highest BCUT2D eigenvalue weighted by molar-refractivity contribution is 5.42. The summed E-state index contributed by atoms with van der Waals surface area (Å²) < 4.78 is 43.6. The van der Waals surface area contributed by atoms with Crippen LogP contribution in [0.2, 0.25) is 0 Å². The number of hydrogen-bond donors (Lipinski definition) is 1. The molecule has 0 saturated carbocycles. The fourth-order valence-corrected chi connectivity index (χ4v) is 2.04. The average Bonchev–Trinajstić information content (AvgIpc) is 2.54. The zero-order valence-corrected chi connectivity index (χ0v) is 12.3. The molecule has 1 aromatic carbocycles. The van der Waals surface area contributed by atoms with Gasteiger partial charge in [-0.1, -0.05) is 12.1 Å². The second-order valence-corrected chi connectivity index (χ2v) is 4.82. The van der Waals surface area contributed by atoms with Crippen molar-refractivity contribution in [1.82, 2.24) is 4.98 Å². The molecular formula is C16H14F3N3O. The van der Waals surface area contributed by atoms with Crippen LogP contribution in [0.5, 0.6) is 0 Å². The summed E-state index contributed by atoms with van der Waals surface area (Å²) >= 11 is 0. The molecular weight excluding hydrogens is 307 g/mol. The molecule has 0 unspecified atom stereocenters. The van der Waals surface area contributed by atoms with Crippen LogP contribution < -0.4 is 5.32 Å². The van der Waals surface area contributed by atoms with Gasteiger partial charge in [0.1, 0.15) is 11.9 Å². The van der Waals surface area contributed by atoms with E-state index < -0.39 is 17.8 Å². The first-order chi connectivity index (χ1) is 10.9. The van der Waals surface area contributed by atoms with Gasteiger partial charge in [0, 0.05) is 13.3 Å². The highest BCUT2D eigenvalue weighted by Crippen LogP contribution is 2.31. The van der Waals surface area contributed by atoms with E-state index in [4.69, 9.17) is 10.00 Å². The highest BCUT2D eigenvalue weighted by atomic mass is 19.4. The summed E-state index contributed by atoms with van der Waals surface area (Å²) in [6.07, 6.45) is -3.02. The molecule has 0 saturated heterocycles. The highest BCUT2D eigenvalue weighted by Gasteiger charge is 2.31. The van der Waals surface area contributed by atoms with Crippen LogP contribution in [-0.2, 0) is 10.9 Å². The van der Waals surface area contributed by atoms with Gasteiger partial charge in [0.05, 0.1) is 23.8 Å². The molecule has 23 heavy (non-hydrogen) atoms. The third kappa shape index (κ3) is 4.44. The molecule has 2 rings (SSSR count). The molecule has 1 N–H and O–H groups in total. The number of methoxy groups -OCH3 is 1. The smallest absolute Gasteiger partial charge is 0.382 e. The number of alkyl halides is 3. The molecule has 2 aromatic rings. The standard InChI is InChI=1S/C16H14F3N3O/c1-23-10-14(22-15-6-5-11(8-20)9-21-15)12-3-2-4-13(7-12)16(17,18)19/h2-7,9,14H,10H2,1H3,(H,21,22)/t14-/m0/s1. The molecule has 0 aliphatic carbocycles. The van der Waals surface area contributed by atoms with E-state index >= 15 is 0 Å². The Balaban J connectivity index is 2.25. The monoisotopic (exact) mass is 321 g/mol. The number of ether oxygens (including phenoxy) is 1. The first kappa shape index (κ1) is 16.8. The zero-order valence-electron chi connectivity index (χ0n) is 12.3. The number of rotatable bonds is 5. The Bertz CT molecular complexity index is 693. The summed E-state index contributed by atoms with van der Waals surface area (Å²) in [5.74, 6) is 0.448. The van der Waals surface area contributed by atoms with Crippen molar-refractivity contribution in [3.63, 3.8) is 0 Å². The largest absolute Gasteiger partial charge is 0.416 e. The lowest BCUT2D eigenvalue weighted by molar-refractivity contribution is -0.137. The molecule has 0 aliphatic rings. The van der Waals surface area contributed by atoms with E-state index in [-0.39, 0.29) is 6.61 Å². The normalized spacial score (nSPS) is 12.5. The Kier molecular flexibility index (Phi) is 5.19. The molecule has 0 spiro atoms. The van der Waals surface area contributed by atoms with Crippen LogP contribution in [-0.4, -0.2) is 18.7 Å². The van der Waals surface area contributed by atoms with Crippen molar-refractivity contribution in [2.45, 2.75) is 12.2 Å². The first-order valence-corrected chi connectivity index (χ1v) is 6.73. The lowest BCUT2D eigenvalue weighted by Crippen LogP contribution is -2.18. The van der Waals surface area contributed by atoms with Crippen molar-refractivity contribution >= 4 is 5.82 Å². The van der Waals surface area contributed by atoms with Gasteiger partial charge >= 0.3 is 6.18 Å². The molecule has 0 bridgehead atoms. The van der Waals surface area contributed by atoms with E-state index in [1.807, 2.05) is 6.07 Å². The third-order valence-corrected chi connectivity index (χ3v) is 3.16. The maximum Gasteiger partial charge on any atom is 0.416 e. The van der Waals surface area contributed by atoms with Crippen LogP contribution in [0.15, 0.2) is 42.6 Å². The summed E-state index contributed by atoms with van der Waals surface area (Å²) in [7, 11) is 1.47. The van der Waals surface area contributed by atoms with Gasteiger partial charge < -0.3 is 10.1 Å². The van der Waals surface area contributed by atoms with Gasteiger partial charge in [-0.2, -0.15) is 18.4 Å². The summed E-state index contributed by atoms with van der Waals surface area (Å²) in [5.41, 5.74) is 0.122. The topological polar surface area (TPSA) is 57.9 Å². The van der Waals surface area contributed by atoms with E-state index in [2.05, 4.69) is 10.3 Å². The second-order valence-electron chi connectivity index (χ2n) is 4.82. The lowest BCUT2D eigenvalue weighted by Gasteiger charge is -2.20. The molecule has 0 aliphatic heterocycles. The number of anilines is 1. The van der Waals surface area contributed by atoms with Gasteiger partial charge in [0.15, 0.2) is 0 Å². The molecule has 7 heteroatoms. The van der Waals surface area contributed by atoms with Gasteiger partial charge in [-0.3, -0.25) is 0 Å². The number of pyridine rings is 1. The van der Waals surface area contributed by atoms with Crippen LogP contribution in [0.4, 0.5) is 19.0 Å². The average molecular weight is 321 g/mol. The Morgan fingerprint density at radius 3 is 2.65 bits per heavy atom. The summed E-state index contributed by atoms with van der Waals surface area (Å²) in [6, 6.07) is 9.67. The molecule has 4 nitrogen and oxygen atoms in total. The van der Waals surface area contributed by atoms with Gasteiger partial charge in [0.25, 0.3) is 0 Å². The quantitative estimate of drug-likeness (QED) is 0.911. The van der Waals surface area contributed by atoms with Gasteiger partial charge in [-0.05, 0) is 29.8 Å². The fraction of sp³-hybridized carbons (Fsp3) is 0.250. The molecule has 1 atom stereocenters. The Morgan fingerprint density at radius 2 is 2.09 bits per heavy atom. The van der Waals surface area contributed by atoms with E-state index in [1.54, 1.807) is 18.2 Å². The number of aromatic nitrogens is 1. The minimum Gasteiger partial charge on any atom is -0.382 e. The van der Waals surface area contributed by atoms with Crippen molar-refractivity contribution < 1.29 is 17.9 Å². The molecule has 0 radical (unpaired) electrons. The van der Waals surface area contributed by atoms with Crippen LogP contribution >= 0.6 is 0 Å². The van der Waals surface area contributed by atoms with Crippen molar-refractivity contribution in [2.24, 2.45) is 0 Å². The van der Waals surface area contributed by atoms with Gasteiger partial charge in [0.2, 0.25) is 0 Å². The first-order valence-electron chi connectivity index (χ1n) is 6.73. The summed E-state index contributed by atoms with van der Waals surface area (Å²) in [4.78, 5) is 4.06. The minimum absolute atomic E-state index is 0.170. The Labute approximate surface area is 131 Å². The van der Waals surface area contributed by atoms with E-state index in [0.29, 0.717) is 16.9 Å². The maximum atomic E-state index is 12.8. The molecule has 1 heterocycles. The van der Waals surface area contributed by atoms with Crippen LogP contribution in [0.25, 0.3) is 0 Å². The van der Waals surface area contributed by atoms with E-state index in [0.717, 1.165) is 12.1 Å². The molecule has 120 valence electrons. The van der Waals surface area contributed by atoms with E-state index in [1.165, 1.54) is 19.4 Å². The third-order valence-electron chi connectivity index (χ3n) is 3.16. The SMILES string of the molecule is COC[C@H](Nc1ccc(C#N)cn1)c1cccc(C(F)(F)F)c1.